The molecule has 1 fully saturated rings. The van der Waals surface area contributed by atoms with E-state index in [1.54, 1.807) is 11.8 Å². The monoisotopic (exact) mass is 368 g/mol. The fourth-order valence-electron chi connectivity index (χ4n) is 3.47. The second-order valence-electron chi connectivity index (χ2n) is 7.06. The molecule has 0 saturated carbocycles. The van der Waals surface area contributed by atoms with Crippen LogP contribution in [0.2, 0.25) is 0 Å². The van der Waals surface area contributed by atoms with Crippen LogP contribution in [-0.2, 0) is 6.54 Å². The van der Waals surface area contributed by atoms with E-state index >= 15 is 0 Å². The Morgan fingerprint density at radius 3 is 2.42 bits per heavy atom. The molecule has 1 heterocycles. The summed E-state index contributed by atoms with van der Waals surface area (Å²) in [5.41, 5.74) is 4.29. The quantitative estimate of drug-likeness (QED) is 0.696. The highest BCUT2D eigenvalue weighted by Crippen LogP contribution is 2.22. The van der Waals surface area contributed by atoms with Crippen LogP contribution < -0.4 is 4.90 Å². The van der Waals surface area contributed by atoms with Gasteiger partial charge in [-0.05, 0) is 67.8 Å². The molecule has 0 atom stereocenters. The topological polar surface area (TPSA) is 23.6 Å². The molecule has 0 unspecified atom stereocenters. The van der Waals surface area contributed by atoms with Gasteiger partial charge in [0.05, 0.1) is 0 Å². The highest BCUT2D eigenvalue weighted by Gasteiger charge is 2.16. The molecule has 26 heavy (non-hydrogen) atoms. The van der Waals surface area contributed by atoms with E-state index in [1.165, 1.54) is 30.5 Å². The number of nitrogens with zero attached hydrogens (tertiary/aromatic N) is 2. The lowest BCUT2D eigenvalue weighted by Gasteiger charge is -2.29. The maximum atomic E-state index is 12.9. The molecule has 3 nitrogen and oxygen atoms in total. The van der Waals surface area contributed by atoms with Gasteiger partial charge in [0, 0.05) is 42.8 Å². The number of carbonyl (C=O) groups excluding carboxylic acids is 1. The maximum absolute atomic E-state index is 12.9. The number of carbonyl (C=O) groups is 1. The van der Waals surface area contributed by atoms with Gasteiger partial charge in [0.15, 0.2) is 0 Å². The van der Waals surface area contributed by atoms with Crippen LogP contribution in [0.4, 0.5) is 5.69 Å². The van der Waals surface area contributed by atoms with Crippen LogP contribution in [0, 0.1) is 6.92 Å². The molecule has 1 saturated heterocycles. The molecule has 0 N–H and O–H groups in total. The summed E-state index contributed by atoms with van der Waals surface area (Å²) in [5.74, 6) is 0.0820. The van der Waals surface area contributed by atoms with E-state index in [0.29, 0.717) is 6.54 Å². The van der Waals surface area contributed by atoms with E-state index in [1.807, 2.05) is 37.3 Å². The van der Waals surface area contributed by atoms with Crippen LogP contribution in [0.25, 0.3) is 0 Å². The Labute approximate surface area is 161 Å². The lowest BCUT2D eigenvalue weighted by molar-refractivity contribution is 0.0784. The molecular formula is C22H28N2OS. The molecule has 4 heteroatoms. The minimum absolute atomic E-state index is 0.0820. The van der Waals surface area contributed by atoms with Gasteiger partial charge < -0.3 is 9.80 Å². The van der Waals surface area contributed by atoms with Gasteiger partial charge in [-0.15, -0.1) is 11.8 Å². The van der Waals surface area contributed by atoms with E-state index < -0.39 is 0 Å². The number of piperidine rings is 1. The van der Waals surface area contributed by atoms with Gasteiger partial charge in [0.25, 0.3) is 5.91 Å². The van der Waals surface area contributed by atoms with Crippen molar-refractivity contribution < 1.29 is 4.79 Å². The predicted octanol–water partition coefficient (Wildman–Crippen LogP) is 4.98. The van der Waals surface area contributed by atoms with Crippen molar-refractivity contribution in [3.05, 3.63) is 59.2 Å². The molecule has 0 aliphatic carbocycles. The first-order valence-electron chi connectivity index (χ1n) is 9.32. The number of hydrogen-bond acceptors (Lipinski definition) is 3. The number of aryl methyl sites for hydroxylation is 1. The van der Waals surface area contributed by atoms with Gasteiger partial charge in [-0.2, -0.15) is 0 Å². The third kappa shape index (κ3) is 4.42. The summed E-state index contributed by atoms with van der Waals surface area (Å²) in [6, 6.07) is 14.8. The average Bonchev–Trinajstić information content (AvgIpc) is 2.69. The van der Waals surface area contributed by atoms with Crippen LogP contribution >= 0.6 is 11.8 Å². The SMILES string of the molecule is CSc1ccc(C)c(C(=O)N(C)Cc2ccc(N3CCCCC3)cc2)c1. The number of benzene rings is 2. The zero-order valence-electron chi connectivity index (χ0n) is 16.0. The van der Waals surface area contributed by atoms with E-state index in [0.717, 1.165) is 29.1 Å². The third-order valence-corrected chi connectivity index (χ3v) is 5.82. The number of amides is 1. The molecular weight excluding hydrogens is 340 g/mol. The van der Waals surface area contributed by atoms with Crippen molar-refractivity contribution in [3.63, 3.8) is 0 Å². The highest BCUT2D eigenvalue weighted by atomic mass is 32.2. The molecule has 0 radical (unpaired) electrons. The van der Waals surface area contributed by atoms with Gasteiger partial charge >= 0.3 is 0 Å². The van der Waals surface area contributed by atoms with Crippen LogP contribution in [-0.4, -0.2) is 37.2 Å². The minimum Gasteiger partial charge on any atom is -0.372 e. The molecule has 1 aliphatic heterocycles. The van der Waals surface area contributed by atoms with E-state index in [9.17, 15) is 4.79 Å². The number of rotatable bonds is 5. The summed E-state index contributed by atoms with van der Waals surface area (Å²) < 4.78 is 0. The first-order valence-corrected chi connectivity index (χ1v) is 10.5. The first-order chi connectivity index (χ1) is 12.6. The number of anilines is 1. The van der Waals surface area contributed by atoms with Crippen LogP contribution in [0.15, 0.2) is 47.4 Å². The second kappa shape index (κ2) is 8.63. The van der Waals surface area contributed by atoms with E-state index in [2.05, 4.69) is 35.2 Å². The van der Waals surface area contributed by atoms with Crippen LogP contribution in [0.3, 0.4) is 0 Å². The summed E-state index contributed by atoms with van der Waals surface area (Å²) in [6.45, 7) is 4.94. The van der Waals surface area contributed by atoms with Crippen molar-refractivity contribution >= 4 is 23.4 Å². The van der Waals surface area contributed by atoms with E-state index in [4.69, 9.17) is 0 Å². The number of hydrogen-bond donors (Lipinski definition) is 0. The second-order valence-corrected chi connectivity index (χ2v) is 7.94. The first kappa shape index (κ1) is 18.8. The van der Waals surface area contributed by atoms with Crippen molar-refractivity contribution in [2.75, 3.05) is 31.3 Å². The summed E-state index contributed by atoms with van der Waals surface area (Å²) in [4.78, 5) is 18.2. The Bertz CT molecular complexity index is 751. The van der Waals surface area contributed by atoms with E-state index in [-0.39, 0.29) is 5.91 Å². The summed E-state index contributed by atoms with van der Waals surface area (Å²) in [5, 5.41) is 0. The van der Waals surface area contributed by atoms with Crippen molar-refractivity contribution in [1.82, 2.24) is 4.90 Å². The van der Waals surface area contributed by atoms with Crippen molar-refractivity contribution in [3.8, 4) is 0 Å². The molecule has 1 aliphatic rings. The van der Waals surface area contributed by atoms with Gasteiger partial charge in [-0.3, -0.25) is 4.79 Å². The molecule has 2 aromatic carbocycles. The lowest BCUT2D eigenvalue weighted by Crippen LogP contribution is -2.29. The molecule has 0 spiro atoms. The lowest BCUT2D eigenvalue weighted by atomic mass is 10.1. The number of thioether (sulfide) groups is 1. The van der Waals surface area contributed by atoms with Crippen molar-refractivity contribution in [2.45, 2.75) is 37.6 Å². The summed E-state index contributed by atoms with van der Waals surface area (Å²) in [6.07, 6.45) is 5.95. The molecule has 3 rings (SSSR count). The average molecular weight is 369 g/mol. The Hall–Kier alpha value is -1.94. The Kier molecular flexibility index (Phi) is 6.25. The predicted molar refractivity (Wildman–Crippen MR) is 111 cm³/mol. The zero-order valence-corrected chi connectivity index (χ0v) is 16.8. The van der Waals surface area contributed by atoms with Crippen molar-refractivity contribution in [1.29, 1.82) is 0 Å². The van der Waals surface area contributed by atoms with Gasteiger partial charge in [0.1, 0.15) is 0 Å². The highest BCUT2D eigenvalue weighted by molar-refractivity contribution is 7.98. The minimum atomic E-state index is 0.0820. The third-order valence-electron chi connectivity index (χ3n) is 5.10. The zero-order chi connectivity index (χ0) is 18.5. The fraction of sp³-hybridized carbons (Fsp3) is 0.409. The molecule has 138 valence electrons. The normalized spacial score (nSPS) is 14.3. The molecule has 1 amide bonds. The van der Waals surface area contributed by atoms with Gasteiger partial charge in [-0.25, -0.2) is 0 Å². The largest absolute Gasteiger partial charge is 0.372 e. The van der Waals surface area contributed by atoms with Crippen LogP contribution in [0.1, 0.15) is 40.7 Å². The Balaban J connectivity index is 1.67. The summed E-state index contributed by atoms with van der Waals surface area (Å²) in [7, 11) is 1.88. The molecule has 0 bridgehead atoms. The fourth-order valence-corrected chi connectivity index (χ4v) is 3.91. The molecule has 0 aromatic heterocycles. The maximum Gasteiger partial charge on any atom is 0.254 e. The summed E-state index contributed by atoms with van der Waals surface area (Å²) >= 11 is 1.66. The smallest absolute Gasteiger partial charge is 0.254 e. The Morgan fingerprint density at radius 1 is 1.08 bits per heavy atom. The van der Waals surface area contributed by atoms with Gasteiger partial charge in [-0.1, -0.05) is 18.2 Å². The standard InChI is InChI=1S/C22H28N2OS/c1-17-7-12-20(26-3)15-21(17)22(25)23(2)16-18-8-10-19(11-9-18)24-13-5-4-6-14-24/h7-12,15H,4-6,13-14,16H2,1-3H3. The van der Waals surface area contributed by atoms with Gasteiger partial charge in [0.2, 0.25) is 0 Å². The van der Waals surface area contributed by atoms with Crippen molar-refractivity contribution in [2.24, 2.45) is 0 Å². The Morgan fingerprint density at radius 2 is 1.77 bits per heavy atom. The molecule has 2 aromatic rings. The van der Waals surface area contributed by atoms with Crippen LogP contribution in [0.5, 0.6) is 0 Å².